The molecule has 2 aromatic heterocycles. The number of hydrogen-bond donors (Lipinski definition) is 0. The number of ether oxygens (including phenoxy) is 2. The summed E-state index contributed by atoms with van der Waals surface area (Å²) in [4.78, 5) is 12.7. The van der Waals surface area contributed by atoms with Crippen molar-refractivity contribution in [2.45, 2.75) is 18.6 Å². The third-order valence-corrected chi connectivity index (χ3v) is 5.41. The molecule has 0 aliphatic heterocycles. The van der Waals surface area contributed by atoms with Gasteiger partial charge in [-0.1, -0.05) is 23.9 Å². The minimum absolute atomic E-state index is 0.373. The minimum Gasteiger partial charge on any atom is -0.493 e. The minimum atomic E-state index is -0.373. The molecule has 0 aliphatic rings. The molecule has 0 N–H and O–H groups in total. The molecule has 0 saturated heterocycles. The quantitative estimate of drug-likeness (QED) is 0.330. The second-order valence-electron chi connectivity index (χ2n) is 5.24. The van der Waals surface area contributed by atoms with Crippen molar-refractivity contribution in [3.8, 4) is 16.5 Å². The second kappa shape index (κ2) is 8.86. The van der Waals surface area contributed by atoms with E-state index in [-0.39, 0.29) is 5.97 Å². The summed E-state index contributed by atoms with van der Waals surface area (Å²) in [5.41, 5.74) is 0.476. The van der Waals surface area contributed by atoms with Crippen LogP contribution in [0.1, 0.15) is 17.3 Å². The van der Waals surface area contributed by atoms with E-state index in [4.69, 9.17) is 9.47 Å². The lowest BCUT2D eigenvalue weighted by Gasteiger charge is -2.08. The number of aromatic nitrogens is 3. The van der Waals surface area contributed by atoms with Gasteiger partial charge in [0.2, 0.25) is 0 Å². The van der Waals surface area contributed by atoms with Crippen LogP contribution in [0.5, 0.6) is 5.75 Å². The van der Waals surface area contributed by atoms with E-state index in [0.717, 1.165) is 28.2 Å². The summed E-state index contributed by atoms with van der Waals surface area (Å²) in [6.45, 7) is 3.39. The predicted molar refractivity (Wildman–Crippen MR) is 103 cm³/mol. The van der Waals surface area contributed by atoms with Crippen molar-refractivity contribution < 1.29 is 14.3 Å². The van der Waals surface area contributed by atoms with Gasteiger partial charge in [0.15, 0.2) is 11.0 Å². The number of thiophene rings is 1. The fourth-order valence-corrected chi connectivity index (χ4v) is 3.93. The third kappa shape index (κ3) is 4.25. The van der Waals surface area contributed by atoms with E-state index in [0.29, 0.717) is 17.9 Å². The molecule has 136 valence electrons. The number of carbonyl (C=O) groups excluding carboxylic acids is 1. The molecule has 1 aromatic carbocycles. The summed E-state index contributed by atoms with van der Waals surface area (Å²) in [6, 6.07) is 11.0. The molecule has 0 fully saturated rings. The Morgan fingerprint density at radius 3 is 2.88 bits per heavy atom. The van der Waals surface area contributed by atoms with Gasteiger partial charge in [-0.3, -0.25) is 0 Å². The van der Waals surface area contributed by atoms with Gasteiger partial charge in [0.1, 0.15) is 5.75 Å². The van der Waals surface area contributed by atoms with Crippen LogP contribution < -0.4 is 4.74 Å². The van der Waals surface area contributed by atoms with Crippen LogP contribution in [0.2, 0.25) is 0 Å². The molecule has 0 aliphatic carbocycles. The fourth-order valence-electron chi connectivity index (χ4n) is 2.39. The number of carbonyl (C=O) groups is 1. The second-order valence-corrected chi connectivity index (χ2v) is 7.25. The number of benzene rings is 1. The number of esters is 1. The molecular formula is C18H19N3O3S2. The Kier molecular flexibility index (Phi) is 6.30. The first kappa shape index (κ1) is 18.5. The zero-order valence-corrected chi connectivity index (χ0v) is 16.2. The Balaban J connectivity index is 1.57. The largest absolute Gasteiger partial charge is 0.493 e. The molecule has 0 radical (unpaired) electrons. The summed E-state index contributed by atoms with van der Waals surface area (Å²) >= 11 is 3.26. The van der Waals surface area contributed by atoms with E-state index >= 15 is 0 Å². The zero-order chi connectivity index (χ0) is 18.4. The molecule has 3 aromatic rings. The smallest absolute Gasteiger partial charge is 0.337 e. The summed E-state index contributed by atoms with van der Waals surface area (Å²) in [5, 5.41) is 11.5. The average molecular weight is 390 g/mol. The molecule has 8 heteroatoms. The number of nitrogens with zero attached hydrogens (tertiary/aromatic N) is 3. The standard InChI is InChI=1S/C18H19N3O3S2/c1-3-21-16(15-8-5-10-25-15)19-20-18(21)26-11-9-24-14-7-4-6-13(12-14)17(22)23-2/h4-8,10,12H,3,9,11H2,1-2H3. The Morgan fingerprint density at radius 1 is 1.27 bits per heavy atom. The highest BCUT2D eigenvalue weighted by Crippen LogP contribution is 2.27. The van der Waals surface area contributed by atoms with E-state index in [2.05, 4.69) is 21.7 Å². The van der Waals surface area contributed by atoms with Crippen molar-refractivity contribution >= 4 is 29.1 Å². The maximum Gasteiger partial charge on any atom is 0.337 e. The fraction of sp³-hybridized carbons (Fsp3) is 0.278. The number of hydrogen-bond acceptors (Lipinski definition) is 7. The lowest BCUT2D eigenvalue weighted by atomic mass is 10.2. The van der Waals surface area contributed by atoms with E-state index in [1.54, 1.807) is 41.3 Å². The van der Waals surface area contributed by atoms with Gasteiger partial charge < -0.3 is 14.0 Å². The van der Waals surface area contributed by atoms with Gasteiger partial charge >= 0.3 is 5.97 Å². The summed E-state index contributed by atoms with van der Waals surface area (Å²) in [6.07, 6.45) is 0. The Morgan fingerprint density at radius 2 is 2.15 bits per heavy atom. The first-order valence-electron chi connectivity index (χ1n) is 8.14. The maximum atomic E-state index is 11.6. The molecule has 0 saturated carbocycles. The predicted octanol–water partition coefficient (Wildman–Crippen LogP) is 3.98. The molecule has 2 heterocycles. The maximum absolute atomic E-state index is 11.6. The van der Waals surface area contributed by atoms with Crippen LogP contribution in [-0.4, -0.2) is 40.2 Å². The van der Waals surface area contributed by atoms with Gasteiger partial charge in [-0.05, 0) is 36.6 Å². The van der Waals surface area contributed by atoms with Crippen molar-refractivity contribution in [2.24, 2.45) is 0 Å². The van der Waals surface area contributed by atoms with Crippen LogP contribution in [0.25, 0.3) is 10.7 Å². The first-order chi connectivity index (χ1) is 12.7. The highest BCUT2D eigenvalue weighted by atomic mass is 32.2. The molecule has 0 spiro atoms. The molecule has 0 bridgehead atoms. The first-order valence-corrected chi connectivity index (χ1v) is 10.0. The molecule has 0 amide bonds. The SMILES string of the molecule is CCn1c(SCCOc2cccc(C(=O)OC)c2)nnc1-c1cccs1. The highest BCUT2D eigenvalue weighted by molar-refractivity contribution is 7.99. The summed E-state index contributed by atoms with van der Waals surface area (Å²) in [7, 11) is 1.36. The van der Waals surface area contributed by atoms with Crippen LogP contribution in [0, 0.1) is 0 Å². The third-order valence-electron chi connectivity index (χ3n) is 3.61. The van der Waals surface area contributed by atoms with Crippen molar-refractivity contribution in [1.82, 2.24) is 14.8 Å². The molecular weight excluding hydrogens is 370 g/mol. The highest BCUT2D eigenvalue weighted by Gasteiger charge is 2.13. The van der Waals surface area contributed by atoms with E-state index in [9.17, 15) is 4.79 Å². The topological polar surface area (TPSA) is 66.2 Å². The van der Waals surface area contributed by atoms with E-state index in [1.165, 1.54) is 7.11 Å². The Hall–Kier alpha value is -2.32. The van der Waals surface area contributed by atoms with Gasteiger partial charge in [0, 0.05) is 12.3 Å². The van der Waals surface area contributed by atoms with Gasteiger partial charge in [-0.2, -0.15) is 0 Å². The Bertz CT molecular complexity index is 862. The van der Waals surface area contributed by atoms with Gasteiger partial charge in [0.25, 0.3) is 0 Å². The summed E-state index contributed by atoms with van der Waals surface area (Å²) < 4.78 is 12.6. The average Bonchev–Trinajstić information content (AvgIpc) is 3.34. The van der Waals surface area contributed by atoms with Crippen molar-refractivity contribution in [3.05, 3.63) is 47.3 Å². The van der Waals surface area contributed by atoms with Crippen LogP contribution in [0.4, 0.5) is 0 Å². The van der Waals surface area contributed by atoms with Crippen LogP contribution in [-0.2, 0) is 11.3 Å². The number of methoxy groups -OCH3 is 1. The van der Waals surface area contributed by atoms with Crippen LogP contribution in [0.15, 0.2) is 46.9 Å². The summed E-state index contributed by atoms with van der Waals surface area (Å²) in [5.74, 6) is 1.90. The molecule has 3 rings (SSSR count). The normalized spacial score (nSPS) is 10.7. The number of thioether (sulfide) groups is 1. The van der Waals surface area contributed by atoms with Crippen LogP contribution in [0.3, 0.4) is 0 Å². The monoisotopic (exact) mass is 389 g/mol. The van der Waals surface area contributed by atoms with Gasteiger partial charge in [-0.15, -0.1) is 21.5 Å². The van der Waals surface area contributed by atoms with E-state index in [1.807, 2.05) is 23.6 Å². The lowest BCUT2D eigenvalue weighted by Crippen LogP contribution is -2.05. The van der Waals surface area contributed by atoms with Crippen molar-refractivity contribution in [3.63, 3.8) is 0 Å². The van der Waals surface area contributed by atoms with E-state index < -0.39 is 0 Å². The van der Waals surface area contributed by atoms with Crippen molar-refractivity contribution in [1.29, 1.82) is 0 Å². The molecule has 0 atom stereocenters. The lowest BCUT2D eigenvalue weighted by molar-refractivity contribution is 0.0600. The molecule has 0 unspecified atom stereocenters. The van der Waals surface area contributed by atoms with Crippen molar-refractivity contribution in [2.75, 3.05) is 19.5 Å². The number of rotatable bonds is 8. The zero-order valence-electron chi connectivity index (χ0n) is 14.5. The van der Waals surface area contributed by atoms with Gasteiger partial charge in [0.05, 0.1) is 24.2 Å². The molecule has 6 nitrogen and oxygen atoms in total. The van der Waals surface area contributed by atoms with Gasteiger partial charge in [-0.25, -0.2) is 4.79 Å². The van der Waals surface area contributed by atoms with Crippen LogP contribution >= 0.6 is 23.1 Å². The molecule has 26 heavy (non-hydrogen) atoms. The Labute approximate surface area is 160 Å².